The SMILES string of the molecule is COc1ccc(NC(=O)c2cc(N=Nc3ccc(C)c(Cl)c3)ccc2NC(=O)c2ccccc2)cc1. The summed E-state index contributed by atoms with van der Waals surface area (Å²) in [6.07, 6.45) is 0. The summed E-state index contributed by atoms with van der Waals surface area (Å²) in [6.45, 7) is 1.90. The number of carbonyl (C=O) groups is 2. The van der Waals surface area contributed by atoms with Crippen molar-refractivity contribution in [3.05, 3.63) is 113 Å². The van der Waals surface area contributed by atoms with Gasteiger partial charge < -0.3 is 15.4 Å². The van der Waals surface area contributed by atoms with Gasteiger partial charge in [0.25, 0.3) is 11.8 Å². The van der Waals surface area contributed by atoms with Gasteiger partial charge in [-0.1, -0.05) is 35.9 Å². The fourth-order valence-electron chi connectivity index (χ4n) is 3.31. The summed E-state index contributed by atoms with van der Waals surface area (Å²) >= 11 is 6.18. The van der Waals surface area contributed by atoms with Crippen molar-refractivity contribution >= 4 is 46.2 Å². The number of benzene rings is 4. The van der Waals surface area contributed by atoms with Crippen molar-refractivity contribution in [1.82, 2.24) is 0 Å². The molecule has 0 spiro atoms. The Labute approximate surface area is 213 Å². The number of nitrogens with one attached hydrogen (secondary N) is 2. The number of methoxy groups -OCH3 is 1. The number of anilines is 2. The number of rotatable bonds is 7. The van der Waals surface area contributed by atoms with E-state index in [0.717, 1.165) is 5.56 Å². The Hall–Kier alpha value is -4.49. The second-order valence-electron chi connectivity index (χ2n) is 7.87. The zero-order valence-corrected chi connectivity index (χ0v) is 20.4. The molecule has 0 heterocycles. The molecule has 0 atom stereocenters. The van der Waals surface area contributed by atoms with Gasteiger partial charge >= 0.3 is 0 Å². The van der Waals surface area contributed by atoms with E-state index in [1.165, 1.54) is 0 Å². The summed E-state index contributed by atoms with van der Waals surface area (Å²) in [5.74, 6) is -0.0841. The van der Waals surface area contributed by atoms with Crippen LogP contribution in [-0.4, -0.2) is 18.9 Å². The van der Waals surface area contributed by atoms with Crippen LogP contribution < -0.4 is 15.4 Å². The number of carbonyl (C=O) groups excluding carboxylic acids is 2. The Morgan fingerprint density at radius 3 is 2.11 bits per heavy atom. The summed E-state index contributed by atoms with van der Waals surface area (Å²) in [5.41, 5.74) is 3.56. The lowest BCUT2D eigenvalue weighted by molar-refractivity contribution is 0.102. The highest BCUT2D eigenvalue weighted by Gasteiger charge is 2.16. The molecule has 0 bridgehead atoms. The molecule has 0 aliphatic heterocycles. The van der Waals surface area contributed by atoms with Crippen LogP contribution in [0.4, 0.5) is 22.7 Å². The highest BCUT2D eigenvalue weighted by Crippen LogP contribution is 2.28. The van der Waals surface area contributed by atoms with Crippen molar-refractivity contribution in [3.8, 4) is 5.75 Å². The van der Waals surface area contributed by atoms with Gasteiger partial charge in [-0.2, -0.15) is 10.2 Å². The lowest BCUT2D eigenvalue weighted by Gasteiger charge is -2.13. The number of amides is 2. The number of halogens is 1. The molecule has 7 nitrogen and oxygen atoms in total. The Balaban J connectivity index is 1.64. The van der Waals surface area contributed by atoms with Gasteiger partial charge in [0.05, 0.1) is 29.7 Å². The van der Waals surface area contributed by atoms with Crippen molar-refractivity contribution in [3.63, 3.8) is 0 Å². The molecule has 0 aliphatic rings. The predicted octanol–water partition coefficient (Wildman–Crippen LogP) is 7.58. The number of hydrogen-bond acceptors (Lipinski definition) is 5. The summed E-state index contributed by atoms with van der Waals surface area (Å²) in [7, 11) is 1.57. The van der Waals surface area contributed by atoms with E-state index in [2.05, 4.69) is 20.9 Å². The first-order chi connectivity index (χ1) is 17.4. The number of aryl methyl sites for hydroxylation is 1. The molecule has 4 rings (SSSR count). The van der Waals surface area contributed by atoms with E-state index in [-0.39, 0.29) is 11.5 Å². The Morgan fingerprint density at radius 1 is 0.778 bits per heavy atom. The molecule has 2 amide bonds. The van der Waals surface area contributed by atoms with E-state index in [1.807, 2.05) is 19.1 Å². The van der Waals surface area contributed by atoms with Gasteiger partial charge in [0.2, 0.25) is 0 Å². The van der Waals surface area contributed by atoms with Gasteiger partial charge in [-0.25, -0.2) is 0 Å². The molecular formula is C28H23ClN4O3. The van der Waals surface area contributed by atoms with Crippen LogP contribution in [0.15, 0.2) is 101 Å². The van der Waals surface area contributed by atoms with Gasteiger partial charge in [0.15, 0.2) is 0 Å². The van der Waals surface area contributed by atoms with Gasteiger partial charge in [0, 0.05) is 16.3 Å². The van der Waals surface area contributed by atoms with E-state index in [0.29, 0.717) is 39.1 Å². The van der Waals surface area contributed by atoms with E-state index < -0.39 is 5.91 Å². The molecule has 180 valence electrons. The molecular weight excluding hydrogens is 476 g/mol. The van der Waals surface area contributed by atoms with Gasteiger partial charge in [0.1, 0.15) is 5.75 Å². The van der Waals surface area contributed by atoms with Crippen LogP contribution in [0.3, 0.4) is 0 Å². The van der Waals surface area contributed by atoms with Gasteiger partial charge in [-0.3, -0.25) is 9.59 Å². The zero-order chi connectivity index (χ0) is 25.5. The zero-order valence-electron chi connectivity index (χ0n) is 19.7. The second kappa shape index (κ2) is 11.3. The number of hydrogen-bond donors (Lipinski definition) is 2. The standard InChI is InChI=1S/C28H23ClN4O3/c1-18-8-9-22(17-25(18)29)33-32-21-12-15-26(31-27(34)19-6-4-3-5-7-19)24(16-21)28(35)30-20-10-13-23(36-2)14-11-20/h3-17H,1-2H3,(H,30,35)(H,31,34). The predicted molar refractivity (Wildman–Crippen MR) is 142 cm³/mol. The third kappa shape index (κ3) is 6.14. The van der Waals surface area contributed by atoms with E-state index >= 15 is 0 Å². The fourth-order valence-corrected chi connectivity index (χ4v) is 3.48. The third-order valence-corrected chi connectivity index (χ3v) is 5.72. The first-order valence-corrected chi connectivity index (χ1v) is 11.4. The van der Waals surface area contributed by atoms with Crippen LogP contribution in [0.5, 0.6) is 5.75 Å². The summed E-state index contributed by atoms with van der Waals surface area (Å²) in [6, 6.07) is 25.9. The minimum absolute atomic E-state index is 0.230. The molecule has 0 aliphatic carbocycles. The third-order valence-electron chi connectivity index (χ3n) is 5.32. The van der Waals surface area contributed by atoms with Crippen molar-refractivity contribution in [1.29, 1.82) is 0 Å². The van der Waals surface area contributed by atoms with Crippen molar-refractivity contribution < 1.29 is 14.3 Å². The number of azo groups is 1. The summed E-state index contributed by atoms with van der Waals surface area (Å²) < 4.78 is 5.17. The number of ether oxygens (including phenoxy) is 1. The van der Waals surface area contributed by atoms with Crippen LogP contribution in [0.1, 0.15) is 26.3 Å². The quantitative estimate of drug-likeness (QED) is 0.257. The molecule has 2 N–H and O–H groups in total. The van der Waals surface area contributed by atoms with Crippen LogP contribution in [0.2, 0.25) is 5.02 Å². The Morgan fingerprint density at radius 2 is 1.44 bits per heavy atom. The van der Waals surface area contributed by atoms with E-state index in [9.17, 15) is 9.59 Å². The molecule has 0 aromatic heterocycles. The maximum absolute atomic E-state index is 13.2. The molecule has 8 heteroatoms. The summed E-state index contributed by atoms with van der Waals surface area (Å²) in [4.78, 5) is 26.0. The molecule has 36 heavy (non-hydrogen) atoms. The highest BCUT2D eigenvalue weighted by atomic mass is 35.5. The van der Waals surface area contributed by atoms with Crippen LogP contribution in [-0.2, 0) is 0 Å². The minimum Gasteiger partial charge on any atom is -0.497 e. The topological polar surface area (TPSA) is 92.2 Å². The lowest BCUT2D eigenvalue weighted by atomic mass is 10.1. The largest absolute Gasteiger partial charge is 0.497 e. The van der Waals surface area contributed by atoms with Crippen LogP contribution in [0.25, 0.3) is 0 Å². The Bertz CT molecular complexity index is 1420. The van der Waals surface area contributed by atoms with Crippen molar-refractivity contribution in [2.24, 2.45) is 10.2 Å². The molecule has 0 saturated heterocycles. The van der Waals surface area contributed by atoms with Crippen molar-refractivity contribution in [2.75, 3.05) is 17.7 Å². The molecule has 0 fully saturated rings. The first kappa shape index (κ1) is 24.6. The monoisotopic (exact) mass is 498 g/mol. The molecule has 4 aromatic carbocycles. The van der Waals surface area contributed by atoms with Gasteiger partial charge in [-0.15, -0.1) is 0 Å². The smallest absolute Gasteiger partial charge is 0.257 e. The van der Waals surface area contributed by atoms with E-state index in [4.69, 9.17) is 16.3 Å². The maximum atomic E-state index is 13.2. The van der Waals surface area contributed by atoms with E-state index in [1.54, 1.807) is 86.0 Å². The van der Waals surface area contributed by atoms with Crippen LogP contribution >= 0.6 is 11.6 Å². The molecule has 0 radical (unpaired) electrons. The maximum Gasteiger partial charge on any atom is 0.257 e. The normalized spacial score (nSPS) is 10.8. The highest BCUT2D eigenvalue weighted by molar-refractivity contribution is 6.31. The lowest BCUT2D eigenvalue weighted by Crippen LogP contribution is -2.18. The van der Waals surface area contributed by atoms with Crippen LogP contribution in [0, 0.1) is 6.92 Å². The molecule has 0 unspecified atom stereocenters. The molecule has 0 saturated carbocycles. The fraction of sp³-hybridized carbons (Fsp3) is 0.0714. The van der Waals surface area contributed by atoms with Crippen molar-refractivity contribution in [2.45, 2.75) is 6.92 Å². The molecule has 4 aromatic rings. The average molecular weight is 499 g/mol. The average Bonchev–Trinajstić information content (AvgIpc) is 2.90. The van der Waals surface area contributed by atoms with Gasteiger partial charge in [-0.05, 0) is 79.2 Å². The second-order valence-corrected chi connectivity index (χ2v) is 8.27. The Kier molecular flexibility index (Phi) is 7.72. The number of nitrogens with zero attached hydrogens (tertiary/aromatic N) is 2. The first-order valence-electron chi connectivity index (χ1n) is 11.1. The minimum atomic E-state index is -0.418. The summed E-state index contributed by atoms with van der Waals surface area (Å²) in [5, 5.41) is 14.7.